The van der Waals surface area contributed by atoms with Crippen molar-refractivity contribution in [1.82, 2.24) is 41.2 Å². The normalized spacial score (nSPS) is 17.5. The molecule has 2 aromatic heterocycles. The van der Waals surface area contributed by atoms with Gasteiger partial charge in [0.05, 0.1) is 25.1 Å². The van der Waals surface area contributed by atoms with E-state index in [1.54, 1.807) is 0 Å². The Balaban J connectivity index is 1.77. The number of aromatic nitrogens is 4. The van der Waals surface area contributed by atoms with Gasteiger partial charge in [0, 0.05) is 36.6 Å². The topological polar surface area (TPSA) is 231 Å². The molecule has 0 bridgehead atoms. The molecule has 1 aliphatic heterocycles. The Morgan fingerprint density at radius 1 is 0.889 bits per heavy atom. The highest BCUT2D eigenvalue weighted by molar-refractivity contribution is 5.95. The number of nitrogens with one attached hydrogen (secondary N) is 6. The van der Waals surface area contributed by atoms with E-state index in [-0.39, 0.29) is 18.7 Å². The number of aromatic amines is 2. The lowest BCUT2D eigenvalue weighted by molar-refractivity contribution is -0.147. The second kappa shape index (κ2) is 12.4. The maximum Gasteiger partial charge on any atom is 0.326 e. The predicted octanol–water partition coefficient (Wildman–Crippen LogP) is -2.32. The zero-order valence-electron chi connectivity index (χ0n) is 19.2. The molecule has 4 unspecified atom stereocenters. The van der Waals surface area contributed by atoms with Crippen LogP contribution in [0.2, 0.25) is 0 Å². The molecule has 0 saturated carbocycles. The monoisotopic (exact) mass is 504 g/mol. The highest BCUT2D eigenvalue weighted by atomic mass is 16.4. The van der Waals surface area contributed by atoms with Crippen molar-refractivity contribution >= 4 is 29.7 Å². The number of amides is 3. The number of H-pyrrole nitrogens is 2. The lowest BCUT2D eigenvalue weighted by Crippen LogP contribution is -2.58. The number of carboxylic acid groups (broad SMARTS) is 2. The molecule has 15 heteroatoms. The number of hydrogen-bond acceptors (Lipinski definition) is 8. The first-order valence-corrected chi connectivity index (χ1v) is 11.3. The van der Waals surface area contributed by atoms with Gasteiger partial charge in [-0.05, 0) is 19.4 Å². The van der Waals surface area contributed by atoms with Gasteiger partial charge in [-0.25, -0.2) is 14.8 Å². The molecule has 1 saturated heterocycles. The summed E-state index contributed by atoms with van der Waals surface area (Å²) in [6, 6.07) is -4.52. The number of carboxylic acids is 2. The highest BCUT2D eigenvalue weighted by Crippen LogP contribution is 2.08. The van der Waals surface area contributed by atoms with Gasteiger partial charge in [-0.2, -0.15) is 0 Å². The quantitative estimate of drug-likeness (QED) is 0.145. The van der Waals surface area contributed by atoms with Crippen LogP contribution in [-0.4, -0.2) is 90.5 Å². The smallest absolute Gasteiger partial charge is 0.326 e. The molecular formula is C21H28N8O7. The summed E-state index contributed by atoms with van der Waals surface area (Å²) in [6.45, 7) is 0.684. The third kappa shape index (κ3) is 7.63. The predicted molar refractivity (Wildman–Crippen MR) is 121 cm³/mol. The van der Waals surface area contributed by atoms with Gasteiger partial charge in [0.15, 0.2) is 0 Å². The molecule has 3 amide bonds. The molecule has 3 heterocycles. The van der Waals surface area contributed by atoms with Crippen molar-refractivity contribution in [2.45, 2.75) is 56.3 Å². The Labute approximate surface area is 204 Å². The van der Waals surface area contributed by atoms with Crippen LogP contribution in [0.15, 0.2) is 25.0 Å². The first kappa shape index (κ1) is 26.3. The van der Waals surface area contributed by atoms with Crippen molar-refractivity contribution in [2.75, 3.05) is 6.54 Å². The molecule has 1 fully saturated rings. The molecule has 15 nitrogen and oxygen atoms in total. The Bertz CT molecular complexity index is 1050. The van der Waals surface area contributed by atoms with E-state index < -0.39 is 54.3 Å². The number of hydrogen-bond donors (Lipinski definition) is 8. The van der Waals surface area contributed by atoms with Crippen molar-refractivity contribution < 1.29 is 34.2 Å². The second-order valence-electron chi connectivity index (χ2n) is 8.33. The van der Waals surface area contributed by atoms with E-state index in [0.717, 1.165) is 6.42 Å². The van der Waals surface area contributed by atoms with Gasteiger partial charge in [-0.1, -0.05) is 0 Å². The summed E-state index contributed by atoms with van der Waals surface area (Å²) in [5.74, 6) is -4.92. The molecule has 36 heavy (non-hydrogen) atoms. The summed E-state index contributed by atoms with van der Waals surface area (Å²) in [6.07, 6.45) is 6.27. The molecular weight excluding hydrogens is 476 g/mol. The van der Waals surface area contributed by atoms with Gasteiger partial charge < -0.3 is 41.4 Å². The van der Waals surface area contributed by atoms with Gasteiger partial charge in [0.2, 0.25) is 17.7 Å². The van der Waals surface area contributed by atoms with E-state index >= 15 is 0 Å². The maximum atomic E-state index is 13.3. The summed E-state index contributed by atoms with van der Waals surface area (Å²) >= 11 is 0. The first-order chi connectivity index (χ1) is 17.2. The van der Waals surface area contributed by atoms with Gasteiger partial charge >= 0.3 is 11.9 Å². The van der Waals surface area contributed by atoms with Crippen LogP contribution in [0, 0.1) is 0 Å². The van der Waals surface area contributed by atoms with Crippen LogP contribution in [-0.2, 0) is 36.8 Å². The van der Waals surface area contributed by atoms with Crippen LogP contribution >= 0.6 is 0 Å². The molecule has 3 rings (SSSR count). The van der Waals surface area contributed by atoms with Crippen LogP contribution in [0.1, 0.15) is 30.7 Å². The van der Waals surface area contributed by atoms with E-state index in [0.29, 0.717) is 24.4 Å². The fourth-order valence-corrected chi connectivity index (χ4v) is 3.75. The average Bonchev–Trinajstić information content (AvgIpc) is 3.61. The van der Waals surface area contributed by atoms with Crippen molar-refractivity contribution in [3.05, 3.63) is 36.4 Å². The van der Waals surface area contributed by atoms with Gasteiger partial charge in [0.25, 0.3) is 0 Å². The van der Waals surface area contributed by atoms with Gasteiger partial charge in [-0.3, -0.25) is 19.2 Å². The minimum absolute atomic E-state index is 0.0550. The third-order valence-electron chi connectivity index (χ3n) is 5.59. The molecule has 8 N–H and O–H groups in total. The number of nitrogens with zero attached hydrogens (tertiary/aromatic N) is 2. The van der Waals surface area contributed by atoms with Crippen molar-refractivity contribution in [3.63, 3.8) is 0 Å². The lowest BCUT2D eigenvalue weighted by atomic mass is 10.1. The number of rotatable bonds is 13. The number of imidazole rings is 2. The van der Waals surface area contributed by atoms with E-state index in [1.807, 2.05) is 0 Å². The molecule has 194 valence electrons. The zero-order chi connectivity index (χ0) is 26.1. The number of carbonyl (C=O) groups is 5. The Hall–Kier alpha value is -4.27. The summed E-state index contributed by atoms with van der Waals surface area (Å²) < 4.78 is 0. The zero-order valence-corrected chi connectivity index (χ0v) is 19.2. The standard InChI is InChI=1S/C21H28N8O7/c30-17(31)6-16(21(35)36)29-20(34)15(5-12-8-23-10-26-12)28-19(33)14(4-11-7-22-9-25-11)27-18(32)13-2-1-3-24-13/h7-10,13-16,24H,1-6H2,(H,22,25)(H,23,26)(H,27,32)(H,28,33)(H,29,34)(H,30,31)(H,35,36). The molecule has 0 radical (unpaired) electrons. The van der Waals surface area contributed by atoms with Crippen LogP contribution < -0.4 is 21.3 Å². The Morgan fingerprint density at radius 3 is 1.89 bits per heavy atom. The second-order valence-corrected chi connectivity index (χ2v) is 8.33. The number of aliphatic carboxylic acids is 2. The minimum atomic E-state index is -1.70. The molecule has 1 aliphatic rings. The molecule has 2 aromatic rings. The van der Waals surface area contributed by atoms with Crippen molar-refractivity contribution in [1.29, 1.82) is 0 Å². The summed E-state index contributed by atoms with van der Waals surface area (Å²) in [7, 11) is 0. The van der Waals surface area contributed by atoms with Crippen LogP contribution in [0.4, 0.5) is 0 Å². The van der Waals surface area contributed by atoms with Crippen LogP contribution in [0.25, 0.3) is 0 Å². The van der Waals surface area contributed by atoms with E-state index in [9.17, 15) is 29.1 Å². The minimum Gasteiger partial charge on any atom is -0.481 e. The summed E-state index contributed by atoms with van der Waals surface area (Å²) in [4.78, 5) is 74.8. The summed E-state index contributed by atoms with van der Waals surface area (Å²) in [5, 5.41) is 28.7. The first-order valence-electron chi connectivity index (χ1n) is 11.3. The molecule has 4 atom stereocenters. The fourth-order valence-electron chi connectivity index (χ4n) is 3.75. The third-order valence-corrected chi connectivity index (χ3v) is 5.59. The average molecular weight is 505 g/mol. The van der Waals surface area contributed by atoms with Crippen molar-refractivity contribution in [2.24, 2.45) is 0 Å². The van der Waals surface area contributed by atoms with E-state index in [1.165, 1.54) is 25.0 Å². The van der Waals surface area contributed by atoms with E-state index in [2.05, 4.69) is 41.2 Å². The SMILES string of the molecule is O=C(O)CC(NC(=O)C(Cc1cnc[nH]1)NC(=O)C(Cc1cnc[nH]1)NC(=O)C1CCCN1)C(=O)O. The fraction of sp³-hybridized carbons (Fsp3) is 0.476. The number of carbonyl (C=O) groups excluding carboxylic acids is 3. The van der Waals surface area contributed by atoms with E-state index in [4.69, 9.17) is 5.11 Å². The molecule has 0 aromatic carbocycles. The van der Waals surface area contributed by atoms with Gasteiger partial charge in [0.1, 0.15) is 18.1 Å². The largest absolute Gasteiger partial charge is 0.481 e. The lowest BCUT2D eigenvalue weighted by Gasteiger charge is -2.24. The maximum absolute atomic E-state index is 13.3. The van der Waals surface area contributed by atoms with Crippen molar-refractivity contribution in [3.8, 4) is 0 Å². The highest BCUT2D eigenvalue weighted by Gasteiger charge is 2.32. The van der Waals surface area contributed by atoms with Crippen LogP contribution in [0.3, 0.4) is 0 Å². The molecule has 0 aliphatic carbocycles. The summed E-state index contributed by atoms with van der Waals surface area (Å²) in [5.41, 5.74) is 1.03. The van der Waals surface area contributed by atoms with Gasteiger partial charge in [-0.15, -0.1) is 0 Å². The molecule has 0 spiro atoms. The van der Waals surface area contributed by atoms with Crippen LogP contribution in [0.5, 0.6) is 0 Å². The Morgan fingerprint density at radius 2 is 1.44 bits per heavy atom. The Kier molecular flexibility index (Phi) is 9.10.